The van der Waals surface area contributed by atoms with E-state index in [1.807, 2.05) is 5.32 Å². The summed E-state index contributed by atoms with van der Waals surface area (Å²) in [4.78, 5) is 16.5. The third-order valence-corrected chi connectivity index (χ3v) is 5.32. The number of nitrogens with zero attached hydrogens (tertiary/aromatic N) is 3. The number of aromatic nitrogens is 3. The Morgan fingerprint density at radius 3 is 2.56 bits per heavy atom. The largest absolute Gasteiger partial charge is 0.366 e. The summed E-state index contributed by atoms with van der Waals surface area (Å²) >= 11 is 5.96. The average molecular weight is 496 g/mol. The van der Waals surface area contributed by atoms with Crippen LogP contribution in [-0.2, 0) is 0 Å². The summed E-state index contributed by atoms with van der Waals surface area (Å²) in [6.07, 6.45) is -1.36. The van der Waals surface area contributed by atoms with Crippen LogP contribution in [0.2, 0.25) is 5.02 Å². The van der Waals surface area contributed by atoms with Crippen LogP contribution in [0.5, 0.6) is 0 Å². The van der Waals surface area contributed by atoms with Crippen LogP contribution < -0.4 is 11.1 Å². The van der Waals surface area contributed by atoms with E-state index in [2.05, 4.69) is 10.1 Å². The number of amides is 1. The molecule has 3 N–H and O–H groups in total. The summed E-state index contributed by atoms with van der Waals surface area (Å²) in [7, 11) is 0. The molecule has 0 bridgehead atoms. The Hall–Kier alpha value is -3.73. The van der Waals surface area contributed by atoms with E-state index in [4.69, 9.17) is 17.3 Å². The molecule has 2 aromatic heterocycles. The first kappa shape index (κ1) is 23.4. The van der Waals surface area contributed by atoms with Gasteiger partial charge in [0.1, 0.15) is 11.6 Å². The first-order chi connectivity index (χ1) is 16.1. The van der Waals surface area contributed by atoms with Gasteiger partial charge in [-0.3, -0.25) is 4.79 Å². The third kappa shape index (κ3) is 4.51. The topological polar surface area (TPSA) is 85.3 Å². The molecule has 0 aliphatic rings. The second-order valence-corrected chi connectivity index (χ2v) is 7.74. The van der Waals surface area contributed by atoms with Crippen LogP contribution in [0.4, 0.5) is 27.9 Å². The van der Waals surface area contributed by atoms with E-state index in [-0.39, 0.29) is 16.5 Å². The molecular weight excluding hydrogens is 481 g/mol. The van der Waals surface area contributed by atoms with Gasteiger partial charge in [0.05, 0.1) is 17.1 Å². The monoisotopic (exact) mass is 495 g/mol. The van der Waals surface area contributed by atoms with Gasteiger partial charge in [-0.2, -0.15) is 4.98 Å². The van der Waals surface area contributed by atoms with E-state index < -0.39 is 47.3 Å². The minimum Gasteiger partial charge on any atom is -0.366 e. The number of benzene rings is 2. The van der Waals surface area contributed by atoms with Crippen LogP contribution >= 0.6 is 11.6 Å². The fourth-order valence-electron chi connectivity index (χ4n) is 3.30. The zero-order chi connectivity index (χ0) is 24.6. The van der Waals surface area contributed by atoms with Crippen LogP contribution in [0.3, 0.4) is 0 Å². The molecule has 4 aromatic rings. The number of alkyl halides is 3. The SMILES string of the molecule is Nc1nc2cc(-c3ccc(Cl)c(C(=O)NCC(F)(F)[C@@H](F)c4ccc(F)cc4)c3F)ccn2n1. The predicted octanol–water partition coefficient (Wildman–Crippen LogP) is 4.99. The number of anilines is 1. The third-order valence-electron chi connectivity index (χ3n) is 5.00. The van der Waals surface area contributed by atoms with Crippen LogP contribution in [0, 0.1) is 11.6 Å². The van der Waals surface area contributed by atoms with E-state index in [1.54, 1.807) is 0 Å². The molecular formula is C22H15ClF5N5O. The van der Waals surface area contributed by atoms with Gasteiger partial charge in [0.25, 0.3) is 11.8 Å². The zero-order valence-corrected chi connectivity index (χ0v) is 17.8. The summed E-state index contributed by atoms with van der Waals surface area (Å²) in [6.45, 7) is -1.45. The fraction of sp³-hybridized carbons (Fsp3) is 0.136. The maximum atomic E-state index is 15.2. The lowest BCUT2D eigenvalue weighted by Gasteiger charge is -2.22. The highest BCUT2D eigenvalue weighted by Gasteiger charge is 2.41. The number of fused-ring (bicyclic) bond motifs is 1. The highest BCUT2D eigenvalue weighted by molar-refractivity contribution is 6.34. The smallest absolute Gasteiger partial charge is 0.299 e. The summed E-state index contributed by atoms with van der Waals surface area (Å²) in [5.74, 6) is -7.11. The number of hydrogen-bond donors (Lipinski definition) is 2. The van der Waals surface area contributed by atoms with Gasteiger partial charge in [0, 0.05) is 11.8 Å². The minimum atomic E-state index is -4.06. The maximum Gasteiger partial charge on any atom is 0.299 e. The van der Waals surface area contributed by atoms with E-state index >= 15 is 4.39 Å². The lowest BCUT2D eigenvalue weighted by atomic mass is 10.0. The number of nitrogens with one attached hydrogen (secondary N) is 1. The van der Waals surface area contributed by atoms with Gasteiger partial charge in [-0.05, 0) is 47.5 Å². The molecule has 0 saturated heterocycles. The van der Waals surface area contributed by atoms with E-state index in [9.17, 15) is 22.4 Å². The lowest BCUT2D eigenvalue weighted by molar-refractivity contribution is -0.0700. The van der Waals surface area contributed by atoms with Crippen molar-refractivity contribution in [2.24, 2.45) is 0 Å². The van der Waals surface area contributed by atoms with E-state index in [1.165, 1.54) is 35.0 Å². The van der Waals surface area contributed by atoms with Crippen molar-refractivity contribution in [3.05, 3.63) is 82.5 Å². The van der Waals surface area contributed by atoms with Gasteiger partial charge >= 0.3 is 0 Å². The number of rotatable bonds is 6. The summed E-state index contributed by atoms with van der Waals surface area (Å²) < 4.78 is 72.6. The van der Waals surface area contributed by atoms with Crippen molar-refractivity contribution in [3.8, 4) is 11.1 Å². The van der Waals surface area contributed by atoms with Crippen molar-refractivity contribution in [2.45, 2.75) is 12.1 Å². The Labute approximate surface area is 194 Å². The van der Waals surface area contributed by atoms with Crippen LogP contribution in [0.1, 0.15) is 22.1 Å². The van der Waals surface area contributed by atoms with Crippen LogP contribution in [-0.4, -0.2) is 33.0 Å². The number of hydrogen-bond acceptors (Lipinski definition) is 4. The van der Waals surface area contributed by atoms with Gasteiger partial charge < -0.3 is 11.1 Å². The van der Waals surface area contributed by atoms with Crippen molar-refractivity contribution >= 4 is 29.1 Å². The highest BCUT2D eigenvalue weighted by Crippen LogP contribution is 2.35. The number of carbonyl (C=O) groups excluding carboxylic acids is 1. The van der Waals surface area contributed by atoms with Gasteiger partial charge in [-0.25, -0.2) is 26.5 Å². The van der Waals surface area contributed by atoms with Crippen molar-refractivity contribution in [2.75, 3.05) is 12.3 Å². The van der Waals surface area contributed by atoms with Gasteiger partial charge in [0.2, 0.25) is 5.95 Å². The number of halogens is 6. The van der Waals surface area contributed by atoms with Gasteiger partial charge in [0.15, 0.2) is 11.8 Å². The molecule has 2 aromatic carbocycles. The molecule has 1 atom stereocenters. The molecule has 0 fully saturated rings. The molecule has 176 valence electrons. The first-order valence-corrected chi connectivity index (χ1v) is 10.1. The van der Waals surface area contributed by atoms with Gasteiger partial charge in [-0.15, -0.1) is 5.10 Å². The molecule has 12 heteroatoms. The van der Waals surface area contributed by atoms with Crippen LogP contribution in [0.15, 0.2) is 54.7 Å². The van der Waals surface area contributed by atoms with Gasteiger partial charge in [-0.1, -0.05) is 23.7 Å². The lowest BCUT2D eigenvalue weighted by Crippen LogP contribution is -2.40. The molecule has 0 unspecified atom stereocenters. The van der Waals surface area contributed by atoms with Crippen molar-refractivity contribution in [3.63, 3.8) is 0 Å². The number of nitrogen functional groups attached to an aromatic ring is 1. The Bertz CT molecular complexity index is 1380. The maximum absolute atomic E-state index is 15.2. The van der Waals surface area contributed by atoms with Crippen LogP contribution in [0.25, 0.3) is 16.8 Å². The van der Waals surface area contributed by atoms with E-state index in [0.717, 1.165) is 24.3 Å². The predicted molar refractivity (Wildman–Crippen MR) is 115 cm³/mol. The number of carbonyl (C=O) groups is 1. The molecule has 2 heterocycles. The van der Waals surface area contributed by atoms with Crippen molar-refractivity contribution < 1.29 is 26.7 Å². The molecule has 1 amide bonds. The molecule has 0 radical (unpaired) electrons. The Morgan fingerprint density at radius 1 is 1.15 bits per heavy atom. The standard InChI is InChI=1S/C22H15ClF5N5O/c23-15-6-5-14(12-7-8-33-16(9-12)31-21(29)32-33)18(25)17(15)20(34)30-10-22(27,28)19(26)11-1-3-13(24)4-2-11/h1-9,19H,10H2,(H2,29,32)(H,30,34)/t19-/m0/s1. The van der Waals surface area contributed by atoms with Crippen molar-refractivity contribution in [1.82, 2.24) is 19.9 Å². The molecule has 0 aliphatic carbocycles. The Balaban J connectivity index is 1.57. The normalized spacial score (nSPS) is 12.6. The fourth-order valence-corrected chi connectivity index (χ4v) is 3.53. The Morgan fingerprint density at radius 2 is 1.85 bits per heavy atom. The summed E-state index contributed by atoms with van der Waals surface area (Å²) in [5.41, 5.74) is 4.93. The molecule has 0 spiro atoms. The number of pyridine rings is 1. The highest BCUT2D eigenvalue weighted by atomic mass is 35.5. The quantitative estimate of drug-likeness (QED) is 0.369. The molecule has 0 saturated carbocycles. The Kier molecular flexibility index (Phi) is 6.13. The average Bonchev–Trinajstić information content (AvgIpc) is 3.17. The molecule has 34 heavy (non-hydrogen) atoms. The molecule has 4 rings (SSSR count). The second kappa shape index (κ2) is 8.90. The minimum absolute atomic E-state index is 0.00141. The van der Waals surface area contributed by atoms with E-state index in [0.29, 0.717) is 11.2 Å². The summed E-state index contributed by atoms with van der Waals surface area (Å²) in [5, 5.41) is 5.40. The summed E-state index contributed by atoms with van der Waals surface area (Å²) in [6, 6.07) is 8.89. The molecule has 0 aliphatic heterocycles. The molecule has 6 nitrogen and oxygen atoms in total. The number of nitrogens with two attached hydrogens (primary N) is 1. The zero-order valence-electron chi connectivity index (χ0n) is 17.1. The van der Waals surface area contributed by atoms with Crippen molar-refractivity contribution in [1.29, 1.82) is 0 Å². The second-order valence-electron chi connectivity index (χ2n) is 7.33. The first-order valence-electron chi connectivity index (χ1n) is 9.72.